The van der Waals surface area contributed by atoms with Gasteiger partial charge in [0.15, 0.2) is 0 Å². The lowest BCUT2D eigenvalue weighted by Crippen LogP contribution is -2.41. The molecule has 1 aromatic rings. The molecular formula is C13H23N3O. The number of nitrogens with one attached hydrogen (secondary N) is 1. The van der Waals surface area contributed by atoms with Crippen molar-refractivity contribution in [2.24, 2.45) is 11.8 Å². The van der Waals surface area contributed by atoms with E-state index in [1.54, 1.807) is 7.11 Å². The van der Waals surface area contributed by atoms with Crippen molar-refractivity contribution in [3.05, 3.63) is 23.9 Å². The maximum Gasteiger partial charge on any atom is 0.212 e. The monoisotopic (exact) mass is 237 g/mol. The van der Waals surface area contributed by atoms with Crippen LogP contribution in [0.3, 0.4) is 0 Å². The van der Waals surface area contributed by atoms with E-state index in [1.165, 1.54) is 18.4 Å². The number of pyridine rings is 1. The fraction of sp³-hybridized carbons (Fsp3) is 0.615. The van der Waals surface area contributed by atoms with Gasteiger partial charge in [0.05, 0.1) is 7.11 Å². The van der Waals surface area contributed by atoms with Crippen molar-refractivity contribution in [3.8, 4) is 5.88 Å². The van der Waals surface area contributed by atoms with Crippen LogP contribution in [0.25, 0.3) is 0 Å². The number of hydrogen-bond acceptors (Lipinski definition) is 4. The number of hydrazine groups is 1. The molecule has 2 atom stereocenters. The molecule has 0 aliphatic heterocycles. The third-order valence-corrected chi connectivity index (χ3v) is 3.11. The molecule has 0 saturated carbocycles. The molecule has 96 valence electrons. The van der Waals surface area contributed by atoms with Gasteiger partial charge in [0.25, 0.3) is 0 Å². The topological polar surface area (TPSA) is 60.2 Å². The minimum Gasteiger partial charge on any atom is -0.481 e. The minimum atomic E-state index is 0.296. The first-order chi connectivity index (χ1) is 8.21. The minimum absolute atomic E-state index is 0.296. The summed E-state index contributed by atoms with van der Waals surface area (Å²) in [4.78, 5) is 4.20. The van der Waals surface area contributed by atoms with Crippen LogP contribution < -0.4 is 16.0 Å². The summed E-state index contributed by atoms with van der Waals surface area (Å²) in [5.74, 6) is 6.82. The van der Waals surface area contributed by atoms with Crippen molar-refractivity contribution >= 4 is 0 Å². The maximum absolute atomic E-state index is 5.61. The van der Waals surface area contributed by atoms with Gasteiger partial charge >= 0.3 is 0 Å². The lowest BCUT2D eigenvalue weighted by Gasteiger charge is -2.22. The zero-order chi connectivity index (χ0) is 12.7. The predicted molar refractivity (Wildman–Crippen MR) is 69.7 cm³/mol. The quantitative estimate of drug-likeness (QED) is 0.561. The van der Waals surface area contributed by atoms with Crippen LogP contribution in [0.5, 0.6) is 5.88 Å². The third kappa shape index (κ3) is 4.32. The number of rotatable bonds is 7. The van der Waals surface area contributed by atoms with Crippen LogP contribution in [-0.4, -0.2) is 18.1 Å². The molecule has 3 N–H and O–H groups in total. The highest BCUT2D eigenvalue weighted by molar-refractivity contribution is 5.18. The molecule has 4 heteroatoms. The predicted octanol–water partition coefficient (Wildman–Crippen LogP) is 1.90. The maximum atomic E-state index is 5.61. The van der Waals surface area contributed by atoms with Crippen molar-refractivity contribution in [2.75, 3.05) is 7.11 Å². The third-order valence-electron chi connectivity index (χ3n) is 3.11. The molecule has 1 aromatic heterocycles. The normalized spacial score (nSPS) is 14.4. The Labute approximate surface area is 104 Å². The Bertz CT molecular complexity index is 313. The summed E-state index contributed by atoms with van der Waals surface area (Å²) in [5.41, 5.74) is 4.08. The summed E-state index contributed by atoms with van der Waals surface area (Å²) in [6.07, 6.45) is 5.11. The van der Waals surface area contributed by atoms with Gasteiger partial charge in [-0.25, -0.2) is 4.98 Å². The van der Waals surface area contributed by atoms with E-state index in [9.17, 15) is 0 Å². The van der Waals surface area contributed by atoms with E-state index in [0.29, 0.717) is 17.8 Å². The average molecular weight is 237 g/mol. The number of methoxy groups -OCH3 is 1. The first kappa shape index (κ1) is 13.9. The van der Waals surface area contributed by atoms with Gasteiger partial charge < -0.3 is 4.74 Å². The van der Waals surface area contributed by atoms with E-state index in [1.807, 2.05) is 18.3 Å². The molecule has 0 aromatic carbocycles. The fourth-order valence-corrected chi connectivity index (χ4v) is 1.99. The SMILES string of the molecule is CCCC(C)C(Cc1ccc(OC)nc1)NN. The summed E-state index contributed by atoms with van der Waals surface area (Å²) < 4.78 is 5.04. The van der Waals surface area contributed by atoms with Gasteiger partial charge in [0.1, 0.15) is 0 Å². The summed E-state index contributed by atoms with van der Waals surface area (Å²) >= 11 is 0. The molecule has 1 rings (SSSR count). The number of hydrogen-bond donors (Lipinski definition) is 2. The van der Waals surface area contributed by atoms with Crippen LogP contribution in [-0.2, 0) is 6.42 Å². The summed E-state index contributed by atoms with van der Waals surface area (Å²) in [6.45, 7) is 4.42. The van der Waals surface area contributed by atoms with Crippen LogP contribution in [0.1, 0.15) is 32.3 Å². The Morgan fingerprint density at radius 2 is 2.24 bits per heavy atom. The number of nitrogens with two attached hydrogens (primary N) is 1. The Hall–Kier alpha value is -1.13. The van der Waals surface area contributed by atoms with Crippen LogP contribution in [0.15, 0.2) is 18.3 Å². The molecule has 1 heterocycles. The Morgan fingerprint density at radius 1 is 1.47 bits per heavy atom. The van der Waals surface area contributed by atoms with Crippen LogP contribution >= 0.6 is 0 Å². The molecule has 0 radical (unpaired) electrons. The molecular weight excluding hydrogens is 214 g/mol. The highest BCUT2D eigenvalue weighted by Crippen LogP contribution is 2.15. The Kier molecular flexibility index (Phi) is 5.94. The molecule has 0 aliphatic carbocycles. The second kappa shape index (κ2) is 7.25. The highest BCUT2D eigenvalue weighted by atomic mass is 16.5. The number of ether oxygens (including phenoxy) is 1. The van der Waals surface area contributed by atoms with Gasteiger partial charge in [-0.05, 0) is 24.3 Å². The molecule has 2 unspecified atom stereocenters. The van der Waals surface area contributed by atoms with E-state index in [0.717, 1.165) is 6.42 Å². The zero-order valence-corrected chi connectivity index (χ0v) is 10.9. The summed E-state index contributed by atoms with van der Waals surface area (Å²) in [5, 5.41) is 0. The Morgan fingerprint density at radius 3 is 2.71 bits per heavy atom. The molecule has 0 aliphatic rings. The zero-order valence-electron chi connectivity index (χ0n) is 10.9. The highest BCUT2D eigenvalue weighted by Gasteiger charge is 2.15. The standard InChI is InChI=1S/C13H23N3O/c1-4-5-10(2)12(16-14)8-11-6-7-13(17-3)15-9-11/h6-7,9-10,12,16H,4-5,8,14H2,1-3H3. The van der Waals surface area contributed by atoms with E-state index in [-0.39, 0.29) is 0 Å². The summed E-state index contributed by atoms with van der Waals surface area (Å²) in [6, 6.07) is 4.22. The molecule has 17 heavy (non-hydrogen) atoms. The van der Waals surface area contributed by atoms with Crippen molar-refractivity contribution < 1.29 is 4.74 Å². The lowest BCUT2D eigenvalue weighted by atomic mass is 9.92. The van der Waals surface area contributed by atoms with E-state index in [2.05, 4.69) is 24.3 Å². The molecule has 0 saturated heterocycles. The second-order valence-electron chi connectivity index (χ2n) is 4.45. The molecule has 4 nitrogen and oxygen atoms in total. The van der Waals surface area contributed by atoms with Crippen LogP contribution in [0.2, 0.25) is 0 Å². The van der Waals surface area contributed by atoms with Gasteiger partial charge in [-0.2, -0.15) is 0 Å². The van der Waals surface area contributed by atoms with Crippen LogP contribution in [0.4, 0.5) is 0 Å². The largest absolute Gasteiger partial charge is 0.481 e. The van der Waals surface area contributed by atoms with Gasteiger partial charge in [0, 0.05) is 18.3 Å². The van der Waals surface area contributed by atoms with Crippen molar-refractivity contribution in [2.45, 2.75) is 39.2 Å². The van der Waals surface area contributed by atoms with Gasteiger partial charge in [-0.15, -0.1) is 0 Å². The molecule has 0 spiro atoms. The van der Waals surface area contributed by atoms with Gasteiger partial charge in [-0.1, -0.05) is 26.3 Å². The Balaban J connectivity index is 2.60. The number of nitrogens with zero attached hydrogens (tertiary/aromatic N) is 1. The first-order valence-corrected chi connectivity index (χ1v) is 6.16. The van der Waals surface area contributed by atoms with Crippen molar-refractivity contribution in [3.63, 3.8) is 0 Å². The second-order valence-corrected chi connectivity index (χ2v) is 4.45. The summed E-state index contributed by atoms with van der Waals surface area (Å²) in [7, 11) is 1.62. The van der Waals surface area contributed by atoms with Crippen LogP contribution in [0, 0.1) is 5.92 Å². The van der Waals surface area contributed by atoms with Gasteiger partial charge in [0.2, 0.25) is 5.88 Å². The van der Waals surface area contributed by atoms with E-state index in [4.69, 9.17) is 10.6 Å². The van der Waals surface area contributed by atoms with Crippen molar-refractivity contribution in [1.82, 2.24) is 10.4 Å². The fourth-order valence-electron chi connectivity index (χ4n) is 1.99. The molecule has 0 fully saturated rings. The van der Waals surface area contributed by atoms with E-state index >= 15 is 0 Å². The average Bonchev–Trinajstić information content (AvgIpc) is 2.37. The van der Waals surface area contributed by atoms with Crippen molar-refractivity contribution in [1.29, 1.82) is 0 Å². The molecule has 0 bridgehead atoms. The van der Waals surface area contributed by atoms with Gasteiger partial charge in [-0.3, -0.25) is 11.3 Å². The first-order valence-electron chi connectivity index (χ1n) is 6.16. The number of aromatic nitrogens is 1. The lowest BCUT2D eigenvalue weighted by molar-refractivity contribution is 0.356. The molecule has 0 amide bonds. The smallest absolute Gasteiger partial charge is 0.212 e. The van der Waals surface area contributed by atoms with E-state index < -0.39 is 0 Å².